The minimum absolute atomic E-state index is 0.183. The van der Waals surface area contributed by atoms with Gasteiger partial charge in [-0.1, -0.05) is 16.8 Å². The van der Waals surface area contributed by atoms with Crippen molar-refractivity contribution in [2.24, 2.45) is 5.16 Å². The minimum Gasteiger partial charge on any atom is -0.494 e. The lowest BCUT2D eigenvalue weighted by Gasteiger charge is -2.12. The van der Waals surface area contributed by atoms with Crippen LogP contribution in [0.25, 0.3) is 0 Å². The third kappa shape index (κ3) is 4.52. The van der Waals surface area contributed by atoms with Crippen molar-refractivity contribution in [2.75, 3.05) is 13.2 Å². The Kier molecular flexibility index (Phi) is 6.07. The van der Waals surface area contributed by atoms with Gasteiger partial charge in [0.1, 0.15) is 5.75 Å². The number of aromatic nitrogens is 1. The highest BCUT2D eigenvalue weighted by Gasteiger charge is 2.28. The summed E-state index contributed by atoms with van der Waals surface area (Å²) in [6.07, 6.45) is 3.83. The molecule has 1 atom stereocenters. The van der Waals surface area contributed by atoms with Crippen molar-refractivity contribution < 1.29 is 14.4 Å². The van der Waals surface area contributed by atoms with Gasteiger partial charge in [0.2, 0.25) is 6.10 Å². The number of nitrogens with one attached hydrogen (secondary N) is 1. The number of carbonyl (C=O) groups excluding carboxylic acids is 1. The molecule has 3 rings (SSSR count). The summed E-state index contributed by atoms with van der Waals surface area (Å²) >= 11 is 6.05. The van der Waals surface area contributed by atoms with Gasteiger partial charge in [-0.3, -0.25) is 9.78 Å². The fourth-order valence-corrected chi connectivity index (χ4v) is 2.90. The molecule has 2 heterocycles. The molecule has 0 aliphatic carbocycles. The first-order chi connectivity index (χ1) is 12.7. The standard InChI is InChI=1S/C19H20ClN3O3/c1-2-25-17-4-3-15(20)11-14(17)7-10-22-19(24)18-12-16(23-26-18)13-5-8-21-9-6-13/h3-6,8-9,11,18H,2,7,10,12H2,1H3,(H,22,24)/t18-/m0/s1. The van der Waals surface area contributed by atoms with Crippen LogP contribution in [0.5, 0.6) is 5.75 Å². The van der Waals surface area contributed by atoms with Crippen molar-refractivity contribution >= 4 is 23.2 Å². The van der Waals surface area contributed by atoms with Gasteiger partial charge in [0.25, 0.3) is 5.91 Å². The molecule has 2 aromatic rings. The van der Waals surface area contributed by atoms with E-state index in [1.807, 2.05) is 31.2 Å². The number of nitrogens with zero attached hydrogens (tertiary/aromatic N) is 2. The number of hydrogen-bond acceptors (Lipinski definition) is 5. The summed E-state index contributed by atoms with van der Waals surface area (Å²) in [7, 11) is 0. The first-order valence-electron chi connectivity index (χ1n) is 8.49. The number of rotatable bonds is 7. The van der Waals surface area contributed by atoms with E-state index in [2.05, 4.69) is 15.5 Å². The molecule has 26 heavy (non-hydrogen) atoms. The van der Waals surface area contributed by atoms with E-state index in [1.54, 1.807) is 18.5 Å². The van der Waals surface area contributed by atoms with Crippen LogP contribution in [0.1, 0.15) is 24.5 Å². The molecule has 0 spiro atoms. The largest absolute Gasteiger partial charge is 0.494 e. The van der Waals surface area contributed by atoms with Gasteiger partial charge < -0.3 is 14.9 Å². The predicted molar refractivity (Wildman–Crippen MR) is 99.6 cm³/mol. The number of benzene rings is 1. The molecule has 1 aliphatic heterocycles. The zero-order chi connectivity index (χ0) is 18.4. The molecule has 1 aromatic carbocycles. The van der Waals surface area contributed by atoms with Crippen LogP contribution in [0.15, 0.2) is 47.9 Å². The van der Waals surface area contributed by atoms with Crippen molar-refractivity contribution in [3.63, 3.8) is 0 Å². The molecule has 1 aliphatic rings. The number of hydrogen-bond donors (Lipinski definition) is 1. The molecule has 6 nitrogen and oxygen atoms in total. The second-order valence-corrected chi connectivity index (χ2v) is 6.23. The molecule has 0 unspecified atom stereocenters. The smallest absolute Gasteiger partial charge is 0.264 e. The molecule has 0 radical (unpaired) electrons. The summed E-state index contributed by atoms with van der Waals surface area (Å²) < 4.78 is 5.59. The van der Waals surface area contributed by atoms with Gasteiger partial charge in [-0.25, -0.2) is 0 Å². The fraction of sp³-hybridized carbons (Fsp3) is 0.316. The molecule has 1 amide bonds. The second kappa shape index (κ2) is 8.67. The fourth-order valence-electron chi connectivity index (χ4n) is 2.71. The van der Waals surface area contributed by atoms with Crippen LogP contribution < -0.4 is 10.1 Å². The number of carbonyl (C=O) groups is 1. The highest BCUT2D eigenvalue weighted by molar-refractivity contribution is 6.30. The molecule has 0 saturated carbocycles. The maximum atomic E-state index is 12.3. The van der Waals surface area contributed by atoms with E-state index in [1.165, 1.54) is 0 Å². The Labute approximate surface area is 157 Å². The lowest BCUT2D eigenvalue weighted by molar-refractivity contribution is -0.131. The van der Waals surface area contributed by atoms with Crippen molar-refractivity contribution in [1.29, 1.82) is 0 Å². The lowest BCUT2D eigenvalue weighted by atomic mass is 10.1. The zero-order valence-electron chi connectivity index (χ0n) is 14.4. The molecule has 7 heteroatoms. The van der Waals surface area contributed by atoms with Crippen LogP contribution in [-0.2, 0) is 16.1 Å². The third-order valence-electron chi connectivity index (χ3n) is 3.99. The monoisotopic (exact) mass is 373 g/mol. The number of ether oxygens (including phenoxy) is 1. The highest BCUT2D eigenvalue weighted by Crippen LogP contribution is 2.23. The SMILES string of the molecule is CCOc1ccc(Cl)cc1CCNC(=O)[C@@H]1CC(c2ccncc2)=NO1. The van der Waals surface area contributed by atoms with Crippen molar-refractivity contribution in [2.45, 2.75) is 25.9 Å². The Bertz CT molecular complexity index is 796. The Morgan fingerprint density at radius 1 is 1.35 bits per heavy atom. The summed E-state index contributed by atoms with van der Waals surface area (Å²) in [5.41, 5.74) is 2.62. The first kappa shape index (κ1) is 18.2. The van der Waals surface area contributed by atoms with Gasteiger partial charge in [-0.15, -0.1) is 0 Å². The van der Waals surface area contributed by atoms with Crippen LogP contribution in [-0.4, -0.2) is 35.9 Å². The molecule has 1 N–H and O–H groups in total. The Balaban J connectivity index is 1.51. The van der Waals surface area contributed by atoms with E-state index in [4.69, 9.17) is 21.2 Å². The van der Waals surface area contributed by atoms with Crippen LogP contribution in [0.2, 0.25) is 5.02 Å². The van der Waals surface area contributed by atoms with Crippen LogP contribution in [0.3, 0.4) is 0 Å². The average molecular weight is 374 g/mol. The summed E-state index contributed by atoms with van der Waals surface area (Å²) in [5, 5.41) is 7.54. The van der Waals surface area contributed by atoms with Crippen molar-refractivity contribution in [3.8, 4) is 5.75 Å². The molecule has 0 saturated heterocycles. The van der Waals surface area contributed by atoms with E-state index >= 15 is 0 Å². The van der Waals surface area contributed by atoms with E-state index in [0.29, 0.717) is 31.0 Å². The Morgan fingerprint density at radius 2 is 2.15 bits per heavy atom. The average Bonchev–Trinajstić information content (AvgIpc) is 3.15. The molecular weight excluding hydrogens is 354 g/mol. The number of oxime groups is 1. The molecule has 0 fully saturated rings. The topological polar surface area (TPSA) is 72.8 Å². The van der Waals surface area contributed by atoms with Gasteiger partial charge in [0.05, 0.1) is 12.3 Å². The maximum Gasteiger partial charge on any atom is 0.264 e. The van der Waals surface area contributed by atoms with E-state index in [9.17, 15) is 4.79 Å². The number of pyridine rings is 1. The Morgan fingerprint density at radius 3 is 2.92 bits per heavy atom. The Hall–Kier alpha value is -2.60. The summed E-state index contributed by atoms with van der Waals surface area (Å²) in [4.78, 5) is 21.6. The summed E-state index contributed by atoms with van der Waals surface area (Å²) in [6, 6.07) is 9.18. The quantitative estimate of drug-likeness (QED) is 0.809. The van der Waals surface area contributed by atoms with Crippen LogP contribution in [0.4, 0.5) is 0 Å². The molecule has 1 aromatic heterocycles. The predicted octanol–water partition coefficient (Wildman–Crippen LogP) is 2.99. The van der Waals surface area contributed by atoms with E-state index in [-0.39, 0.29) is 5.91 Å². The number of halogens is 1. The van der Waals surface area contributed by atoms with Gasteiger partial charge in [0, 0.05) is 35.9 Å². The van der Waals surface area contributed by atoms with E-state index in [0.717, 1.165) is 22.6 Å². The highest BCUT2D eigenvalue weighted by atomic mass is 35.5. The van der Waals surface area contributed by atoms with Crippen LogP contribution >= 0.6 is 11.6 Å². The van der Waals surface area contributed by atoms with Gasteiger partial charge in [-0.2, -0.15) is 0 Å². The lowest BCUT2D eigenvalue weighted by Crippen LogP contribution is -2.36. The maximum absolute atomic E-state index is 12.3. The molecule has 0 bridgehead atoms. The minimum atomic E-state index is -0.608. The van der Waals surface area contributed by atoms with Gasteiger partial charge >= 0.3 is 0 Å². The first-order valence-corrected chi connectivity index (χ1v) is 8.87. The summed E-state index contributed by atoms with van der Waals surface area (Å²) in [5.74, 6) is 0.601. The van der Waals surface area contributed by atoms with E-state index < -0.39 is 6.10 Å². The third-order valence-corrected chi connectivity index (χ3v) is 4.23. The van der Waals surface area contributed by atoms with Crippen LogP contribution in [0, 0.1) is 0 Å². The second-order valence-electron chi connectivity index (χ2n) is 5.80. The van der Waals surface area contributed by atoms with Gasteiger partial charge in [-0.05, 0) is 49.2 Å². The normalized spacial score (nSPS) is 15.9. The molecule has 136 valence electrons. The molecular formula is C19H20ClN3O3. The van der Waals surface area contributed by atoms with Gasteiger partial charge in [0.15, 0.2) is 0 Å². The zero-order valence-corrected chi connectivity index (χ0v) is 15.2. The number of amides is 1. The summed E-state index contributed by atoms with van der Waals surface area (Å²) in [6.45, 7) is 2.97. The van der Waals surface area contributed by atoms with Crippen molar-refractivity contribution in [1.82, 2.24) is 10.3 Å². The van der Waals surface area contributed by atoms with Crippen molar-refractivity contribution in [3.05, 3.63) is 58.9 Å².